The molecule has 1 heterocycles. The van der Waals surface area contributed by atoms with Gasteiger partial charge in [-0.1, -0.05) is 17.7 Å². The molecule has 0 unspecified atom stereocenters. The van der Waals surface area contributed by atoms with Gasteiger partial charge in [-0.2, -0.15) is 4.98 Å². The Labute approximate surface area is 93.5 Å². The van der Waals surface area contributed by atoms with Crippen molar-refractivity contribution in [3.8, 4) is 11.5 Å². The van der Waals surface area contributed by atoms with E-state index in [1.165, 1.54) is 18.2 Å². The van der Waals surface area contributed by atoms with Crippen molar-refractivity contribution in [2.75, 3.05) is 0 Å². The molecule has 0 spiro atoms. The highest BCUT2D eigenvalue weighted by atomic mass is 35.5. The molecule has 0 amide bonds. The Morgan fingerprint density at radius 2 is 2.25 bits per heavy atom. The van der Waals surface area contributed by atoms with Crippen LogP contribution in [0.4, 0.5) is 4.39 Å². The van der Waals surface area contributed by atoms with Gasteiger partial charge < -0.3 is 9.63 Å². The zero-order chi connectivity index (χ0) is 11.7. The van der Waals surface area contributed by atoms with E-state index < -0.39 is 17.6 Å². The second-order valence-corrected chi connectivity index (χ2v) is 3.21. The molecule has 2 rings (SSSR count). The van der Waals surface area contributed by atoms with Gasteiger partial charge in [-0.25, -0.2) is 9.18 Å². The standard InChI is InChI=1S/C9H4ClFN2O3/c10-6-4(2-1-3-5(6)11)8-12-7(9(14)15)13-16-8/h1-3H,(H,14,15). The predicted molar refractivity (Wildman–Crippen MR) is 51.7 cm³/mol. The number of nitrogens with zero attached hydrogens (tertiary/aromatic N) is 2. The molecule has 1 N–H and O–H groups in total. The van der Waals surface area contributed by atoms with Gasteiger partial charge in [-0.05, 0) is 17.3 Å². The van der Waals surface area contributed by atoms with Gasteiger partial charge in [0.2, 0.25) is 0 Å². The van der Waals surface area contributed by atoms with E-state index in [0.717, 1.165) is 0 Å². The molecule has 0 atom stereocenters. The van der Waals surface area contributed by atoms with Crippen LogP contribution in [-0.4, -0.2) is 21.2 Å². The summed E-state index contributed by atoms with van der Waals surface area (Å²) in [4.78, 5) is 14.1. The number of carboxylic acids is 1. The van der Waals surface area contributed by atoms with Crippen LogP contribution in [0.2, 0.25) is 5.02 Å². The first-order valence-corrected chi connectivity index (χ1v) is 4.49. The first-order chi connectivity index (χ1) is 7.59. The van der Waals surface area contributed by atoms with Crippen molar-refractivity contribution in [2.45, 2.75) is 0 Å². The van der Waals surface area contributed by atoms with Crippen LogP contribution in [0, 0.1) is 5.82 Å². The zero-order valence-electron chi connectivity index (χ0n) is 7.65. The van der Waals surface area contributed by atoms with E-state index in [2.05, 4.69) is 14.7 Å². The van der Waals surface area contributed by atoms with Gasteiger partial charge >= 0.3 is 5.97 Å². The Morgan fingerprint density at radius 1 is 1.50 bits per heavy atom. The minimum Gasteiger partial charge on any atom is -0.475 e. The summed E-state index contributed by atoms with van der Waals surface area (Å²) >= 11 is 5.67. The third-order valence-corrected chi connectivity index (χ3v) is 2.18. The molecule has 2 aromatic rings. The van der Waals surface area contributed by atoms with Crippen LogP contribution in [-0.2, 0) is 0 Å². The molecular formula is C9H4ClFN2O3. The van der Waals surface area contributed by atoms with E-state index in [-0.39, 0.29) is 16.5 Å². The maximum absolute atomic E-state index is 13.1. The Bertz CT molecular complexity index is 555. The van der Waals surface area contributed by atoms with Crippen LogP contribution in [0.1, 0.15) is 10.6 Å². The first-order valence-electron chi connectivity index (χ1n) is 4.11. The Balaban J connectivity index is 2.50. The lowest BCUT2D eigenvalue weighted by molar-refractivity contribution is 0.0680. The highest BCUT2D eigenvalue weighted by Gasteiger charge is 2.17. The summed E-state index contributed by atoms with van der Waals surface area (Å²) in [5.74, 6) is -2.62. The lowest BCUT2D eigenvalue weighted by Gasteiger charge is -1.98. The monoisotopic (exact) mass is 242 g/mol. The summed E-state index contributed by atoms with van der Waals surface area (Å²) in [6.07, 6.45) is 0. The molecule has 0 radical (unpaired) electrons. The third-order valence-electron chi connectivity index (χ3n) is 1.80. The van der Waals surface area contributed by atoms with E-state index in [0.29, 0.717) is 0 Å². The maximum atomic E-state index is 13.1. The molecule has 16 heavy (non-hydrogen) atoms. The Kier molecular flexibility index (Phi) is 2.57. The normalized spacial score (nSPS) is 10.4. The zero-order valence-corrected chi connectivity index (χ0v) is 8.40. The van der Waals surface area contributed by atoms with Gasteiger partial charge in [0.25, 0.3) is 11.7 Å². The number of carboxylic acid groups (broad SMARTS) is 1. The second-order valence-electron chi connectivity index (χ2n) is 2.83. The van der Waals surface area contributed by atoms with Gasteiger partial charge in [0, 0.05) is 0 Å². The number of hydrogen-bond donors (Lipinski definition) is 1. The molecule has 0 saturated carbocycles. The Morgan fingerprint density at radius 3 is 2.88 bits per heavy atom. The van der Waals surface area contributed by atoms with Gasteiger partial charge in [0.1, 0.15) is 5.82 Å². The molecule has 0 aliphatic rings. The van der Waals surface area contributed by atoms with Crippen molar-refractivity contribution in [1.82, 2.24) is 10.1 Å². The summed E-state index contributed by atoms with van der Waals surface area (Å²) in [6, 6.07) is 4.02. The largest absolute Gasteiger partial charge is 0.475 e. The molecule has 0 aliphatic heterocycles. The van der Waals surface area contributed by atoms with Crippen LogP contribution < -0.4 is 0 Å². The maximum Gasteiger partial charge on any atom is 0.377 e. The van der Waals surface area contributed by atoms with Crippen LogP contribution in [0.15, 0.2) is 22.7 Å². The smallest absolute Gasteiger partial charge is 0.377 e. The minimum atomic E-state index is -1.33. The van der Waals surface area contributed by atoms with Crippen molar-refractivity contribution >= 4 is 17.6 Å². The molecule has 1 aromatic carbocycles. The fourth-order valence-corrected chi connectivity index (χ4v) is 1.30. The summed E-state index contributed by atoms with van der Waals surface area (Å²) in [7, 11) is 0. The highest BCUT2D eigenvalue weighted by Crippen LogP contribution is 2.28. The molecular weight excluding hydrogens is 239 g/mol. The van der Waals surface area contributed by atoms with Gasteiger partial charge in [0.05, 0.1) is 10.6 Å². The van der Waals surface area contributed by atoms with Crippen LogP contribution >= 0.6 is 11.6 Å². The van der Waals surface area contributed by atoms with Crippen molar-refractivity contribution < 1.29 is 18.8 Å². The molecule has 7 heteroatoms. The average molecular weight is 243 g/mol. The van der Waals surface area contributed by atoms with Crippen molar-refractivity contribution in [1.29, 1.82) is 0 Å². The van der Waals surface area contributed by atoms with E-state index in [9.17, 15) is 9.18 Å². The number of aromatic carboxylic acids is 1. The quantitative estimate of drug-likeness (QED) is 0.874. The lowest BCUT2D eigenvalue weighted by atomic mass is 10.2. The number of hydrogen-bond acceptors (Lipinski definition) is 4. The molecule has 0 fully saturated rings. The lowest BCUT2D eigenvalue weighted by Crippen LogP contribution is -1.98. The number of carbonyl (C=O) groups is 1. The fraction of sp³-hybridized carbons (Fsp3) is 0. The SMILES string of the molecule is O=C(O)c1noc(-c2cccc(F)c2Cl)n1. The van der Waals surface area contributed by atoms with Crippen molar-refractivity contribution in [3.63, 3.8) is 0 Å². The van der Waals surface area contributed by atoms with Gasteiger partial charge in [-0.15, -0.1) is 0 Å². The molecule has 82 valence electrons. The van der Waals surface area contributed by atoms with Gasteiger partial charge in [-0.3, -0.25) is 0 Å². The van der Waals surface area contributed by atoms with Crippen molar-refractivity contribution in [3.05, 3.63) is 34.9 Å². The number of aromatic nitrogens is 2. The van der Waals surface area contributed by atoms with Crippen molar-refractivity contribution in [2.24, 2.45) is 0 Å². The third kappa shape index (κ3) is 1.74. The van der Waals surface area contributed by atoms with E-state index >= 15 is 0 Å². The van der Waals surface area contributed by atoms with Crippen LogP contribution in [0.25, 0.3) is 11.5 Å². The molecule has 0 aliphatic carbocycles. The summed E-state index contributed by atoms with van der Waals surface area (Å²) in [5.41, 5.74) is 0.154. The number of rotatable bonds is 2. The summed E-state index contributed by atoms with van der Waals surface area (Å²) < 4.78 is 17.7. The molecule has 0 bridgehead atoms. The summed E-state index contributed by atoms with van der Waals surface area (Å²) in [6.45, 7) is 0. The second kappa shape index (κ2) is 3.90. The number of halogens is 2. The molecule has 5 nitrogen and oxygen atoms in total. The predicted octanol–water partition coefficient (Wildman–Crippen LogP) is 2.23. The van der Waals surface area contributed by atoms with Gasteiger partial charge in [0.15, 0.2) is 0 Å². The average Bonchev–Trinajstić information content (AvgIpc) is 2.71. The first kappa shape index (κ1) is 10.6. The van der Waals surface area contributed by atoms with Crippen LogP contribution in [0.3, 0.4) is 0 Å². The van der Waals surface area contributed by atoms with E-state index in [1.54, 1.807) is 0 Å². The molecule has 0 saturated heterocycles. The number of benzene rings is 1. The van der Waals surface area contributed by atoms with E-state index in [4.69, 9.17) is 16.7 Å². The fourth-order valence-electron chi connectivity index (χ4n) is 1.09. The molecule has 1 aromatic heterocycles. The highest BCUT2D eigenvalue weighted by molar-refractivity contribution is 6.33. The van der Waals surface area contributed by atoms with Crippen LogP contribution in [0.5, 0.6) is 0 Å². The van der Waals surface area contributed by atoms with E-state index in [1.807, 2.05) is 0 Å². The Hall–Kier alpha value is -1.95. The minimum absolute atomic E-state index is 0.137. The summed E-state index contributed by atoms with van der Waals surface area (Å²) in [5, 5.41) is 11.6. The topological polar surface area (TPSA) is 76.2 Å².